The van der Waals surface area contributed by atoms with Crippen LogP contribution in [0, 0.1) is 5.92 Å². The molecule has 0 radical (unpaired) electrons. The third-order valence-corrected chi connectivity index (χ3v) is 8.12. The van der Waals surface area contributed by atoms with Gasteiger partial charge in [-0.05, 0) is 55.9 Å². The number of nitrogens with one attached hydrogen (secondary N) is 1. The lowest BCUT2D eigenvalue weighted by Gasteiger charge is -2.18. The van der Waals surface area contributed by atoms with Gasteiger partial charge in [0.2, 0.25) is 5.91 Å². The molecule has 1 unspecified atom stereocenters. The van der Waals surface area contributed by atoms with E-state index in [-0.39, 0.29) is 24.0 Å². The van der Waals surface area contributed by atoms with Crippen LogP contribution >= 0.6 is 23.1 Å². The number of alkyl halides is 3. The van der Waals surface area contributed by atoms with Crippen LogP contribution in [0.2, 0.25) is 0 Å². The second kappa shape index (κ2) is 11.1. The number of hydrogen-bond donors (Lipinski definition) is 2. The Morgan fingerprint density at radius 1 is 1.32 bits per heavy atom. The highest BCUT2D eigenvalue weighted by Crippen LogP contribution is 2.39. The first-order chi connectivity index (χ1) is 17.6. The summed E-state index contributed by atoms with van der Waals surface area (Å²) < 4.78 is 46.1. The minimum atomic E-state index is -4.47. The Balaban J connectivity index is 1.39. The fourth-order valence-electron chi connectivity index (χ4n) is 4.15. The normalized spacial score (nSPS) is 15.3. The maximum atomic E-state index is 12.9. The average Bonchev–Trinajstić information content (AvgIpc) is 3.40. The van der Waals surface area contributed by atoms with Crippen LogP contribution < -0.4 is 15.8 Å². The van der Waals surface area contributed by atoms with Crippen LogP contribution in [0.25, 0.3) is 0 Å². The van der Waals surface area contributed by atoms with E-state index in [0.717, 1.165) is 53.6 Å². The largest absolute Gasteiger partial charge is 0.486 e. The first kappa shape index (κ1) is 27.0. The van der Waals surface area contributed by atoms with Crippen LogP contribution in [-0.4, -0.2) is 32.3 Å². The maximum Gasteiger partial charge on any atom is 0.416 e. The van der Waals surface area contributed by atoms with Crippen LogP contribution in [0.3, 0.4) is 0 Å². The zero-order valence-electron chi connectivity index (χ0n) is 20.2. The maximum absolute atomic E-state index is 12.9. The van der Waals surface area contributed by atoms with Gasteiger partial charge in [0.25, 0.3) is 5.91 Å². The van der Waals surface area contributed by atoms with Crippen LogP contribution in [0.15, 0.2) is 29.4 Å². The number of carbonyl (C=O) groups is 2. The Bertz CT molecular complexity index is 1310. The van der Waals surface area contributed by atoms with Gasteiger partial charge in [-0.1, -0.05) is 24.8 Å². The Morgan fingerprint density at radius 3 is 2.81 bits per heavy atom. The third-order valence-electron chi connectivity index (χ3n) is 5.98. The number of ether oxygens (including phenoxy) is 1. The van der Waals surface area contributed by atoms with E-state index >= 15 is 0 Å². The zero-order valence-corrected chi connectivity index (χ0v) is 21.9. The molecule has 37 heavy (non-hydrogen) atoms. The van der Waals surface area contributed by atoms with E-state index in [1.54, 1.807) is 4.57 Å². The summed E-state index contributed by atoms with van der Waals surface area (Å²) in [6, 6.07) is 4.61. The molecule has 1 aliphatic rings. The lowest BCUT2D eigenvalue weighted by atomic mass is 9.88. The van der Waals surface area contributed by atoms with Crippen molar-refractivity contribution in [2.24, 2.45) is 11.7 Å². The van der Waals surface area contributed by atoms with Crippen LogP contribution in [0.4, 0.5) is 18.2 Å². The van der Waals surface area contributed by atoms with Crippen molar-refractivity contribution < 1.29 is 27.5 Å². The summed E-state index contributed by atoms with van der Waals surface area (Å²) in [6.45, 7) is 4.40. The first-order valence-corrected chi connectivity index (χ1v) is 13.5. The lowest BCUT2D eigenvalue weighted by Crippen LogP contribution is -2.20. The van der Waals surface area contributed by atoms with Crippen molar-refractivity contribution in [2.45, 2.75) is 57.6 Å². The molecule has 8 nitrogen and oxygen atoms in total. The Kier molecular flexibility index (Phi) is 8.12. The molecule has 13 heteroatoms. The van der Waals surface area contributed by atoms with Crippen molar-refractivity contribution in [3.63, 3.8) is 0 Å². The predicted octanol–water partition coefficient (Wildman–Crippen LogP) is 4.91. The van der Waals surface area contributed by atoms with Crippen LogP contribution in [0.5, 0.6) is 5.75 Å². The van der Waals surface area contributed by atoms with E-state index in [2.05, 4.69) is 22.4 Å². The number of primary amides is 1. The monoisotopic (exact) mass is 553 g/mol. The molecule has 0 spiro atoms. The number of nitrogens with two attached hydrogens (primary N) is 1. The number of rotatable bonds is 9. The SMILES string of the molecule is CCn1c(COc2cccc(C(F)(F)F)c2)nnc1SCC(=O)Nc1sc2c(c1C(N)=O)CCC(C)C2. The Hall–Kier alpha value is -3.06. The zero-order chi connectivity index (χ0) is 26.7. The van der Waals surface area contributed by atoms with Gasteiger partial charge in [-0.25, -0.2) is 0 Å². The number of halogens is 3. The van der Waals surface area contributed by atoms with E-state index in [9.17, 15) is 22.8 Å². The second-order valence-corrected chi connectivity index (χ2v) is 10.8. The molecule has 2 amide bonds. The van der Waals surface area contributed by atoms with Gasteiger partial charge in [0, 0.05) is 11.4 Å². The molecule has 3 aromatic rings. The number of fused-ring (bicyclic) bond motifs is 1. The summed E-state index contributed by atoms with van der Waals surface area (Å²) >= 11 is 2.56. The number of amides is 2. The van der Waals surface area contributed by atoms with Gasteiger partial charge < -0.3 is 20.4 Å². The fraction of sp³-hybridized carbons (Fsp3) is 0.417. The van der Waals surface area contributed by atoms with Crippen LogP contribution in [0.1, 0.15) is 52.5 Å². The van der Waals surface area contributed by atoms with Crippen LogP contribution in [-0.2, 0) is 37.0 Å². The number of hydrogen-bond acceptors (Lipinski definition) is 7. The van der Waals surface area contributed by atoms with Gasteiger partial charge in [-0.2, -0.15) is 13.2 Å². The lowest BCUT2D eigenvalue weighted by molar-refractivity contribution is -0.137. The van der Waals surface area contributed by atoms with E-state index in [4.69, 9.17) is 10.5 Å². The van der Waals surface area contributed by atoms with Crippen molar-refractivity contribution in [3.8, 4) is 5.75 Å². The average molecular weight is 554 g/mol. The number of aromatic nitrogens is 3. The topological polar surface area (TPSA) is 112 Å². The molecule has 1 atom stereocenters. The Morgan fingerprint density at radius 2 is 2.11 bits per heavy atom. The number of anilines is 1. The molecule has 0 saturated heterocycles. The molecular weight excluding hydrogens is 527 g/mol. The summed E-state index contributed by atoms with van der Waals surface area (Å²) in [5.74, 6) is 0.145. The molecule has 1 aromatic carbocycles. The third kappa shape index (κ3) is 6.27. The number of nitrogens with zero attached hydrogens (tertiary/aromatic N) is 3. The summed E-state index contributed by atoms with van der Waals surface area (Å²) in [5, 5.41) is 12.0. The Labute approximate surface area is 219 Å². The summed E-state index contributed by atoms with van der Waals surface area (Å²) in [6.07, 6.45) is -1.87. The molecule has 2 aromatic heterocycles. The van der Waals surface area contributed by atoms with Gasteiger partial charge in [0.15, 0.2) is 11.0 Å². The molecule has 4 rings (SSSR count). The van der Waals surface area contributed by atoms with E-state index < -0.39 is 17.6 Å². The molecule has 2 heterocycles. The molecule has 0 bridgehead atoms. The number of benzene rings is 1. The first-order valence-electron chi connectivity index (χ1n) is 11.7. The van der Waals surface area contributed by atoms with Gasteiger partial charge in [-0.15, -0.1) is 21.5 Å². The molecule has 0 fully saturated rings. The molecule has 0 aliphatic heterocycles. The molecule has 0 saturated carbocycles. The van der Waals surface area contributed by atoms with E-state index in [1.165, 1.54) is 23.5 Å². The van der Waals surface area contributed by atoms with Crippen molar-refractivity contribution >= 4 is 39.9 Å². The number of thioether (sulfide) groups is 1. The molecular formula is C24H26F3N5O3S2. The molecule has 1 aliphatic carbocycles. The van der Waals surface area contributed by atoms with Crippen molar-refractivity contribution in [2.75, 3.05) is 11.1 Å². The van der Waals surface area contributed by atoms with Crippen molar-refractivity contribution in [3.05, 3.63) is 51.7 Å². The van der Waals surface area contributed by atoms with Gasteiger partial charge in [0.1, 0.15) is 17.4 Å². The van der Waals surface area contributed by atoms with Crippen molar-refractivity contribution in [1.29, 1.82) is 0 Å². The fourth-order valence-corrected chi connectivity index (χ4v) is 6.41. The predicted molar refractivity (Wildman–Crippen MR) is 135 cm³/mol. The number of thiophene rings is 1. The second-order valence-electron chi connectivity index (χ2n) is 8.71. The highest BCUT2D eigenvalue weighted by Gasteiger charge is 2.31. The highest BCUT2D eigenvalue weighted by molar-refractivity contribution is 7.99. The summed E-state index contributed by atoms with van der Waals surface area (Å²) in [7, 11) is 0. The van der Waals surface area contributed by atoms with E-state index in [0.29, 0.717) is 34.0 Å². The minimum Gasteiger partial charge on any atom is -0.486 e. The summed E-state index contributed by atoms with van der Waals surface area (Å²) in [5.41, 5.74) is 6.16. The van der Waals surface area contributed by atoms with E-state index in [1.807, 2.05) is 6.92 Å². The standard InChI is InChI=1S/C24H26F3N5O3S2/c1-3-32-18(11-35-15-6-4-5-14(10-15)24(25,26)27)30-31-23(32)36-12-19(33)29-22-20(21(28)34)16-8-7-13(2)9-17(16)37-22/h4-6,10,13H,3,7-9,11-12H2,1-2H3,(H2,28,34)(H,29,33). The smallest absolute Gasteiger partial charge is 0.416 e. The number of carbonyl (C=O) groups excluding carboxylic acids is 2. The van der Waals surface area contributed by atoms with Crippen molar-refractivity contribution in [1.82, 2.24) is 14.8 Å². The molecule has 198 valence electrons. The minimum absolute atomic E-state index is 0.0176. The summed E-state index contributed by atoms with van der Waals surface area (Å²) in [4.78, 5) is 25.9. The van der Waals surface area contributed by atoms with Gasteiger partial charge >= 0.3 is 6.18 Å². The quantitative estimate of drug-likeness (QED) is 0.364. The van der Waals surface area contributed by atoms with Gasteiger partial charge in [-0.3, -0.25) is 9.59 Å². The molecule has 3 N–H and O–H groups in total. The highest BCUT2D eigenvalue weighted by atomic mass is 32.2. The van der Waals surface area contributed by atoms with Gasteiger partial charge in [0.05, 0.1) is 16.9 Å².